The molecule has 2 N–H and O–H groups in total. The smallest absolute Gasteiger partial charge is 0.398 e. The molecule has 0 unspecified atom stereocenters. The summed E-state index contributed by atoms with van der Waals surface area (Å²) in [5, 5.41) is 1.06. The third kappa shape index (κ3) is 2.06. The lowest BCUT2D eigenvalue weighted by molar-refractivity contribution is 0.442. The summed E-state index contributed by atoms with van der Waals surface area (Å²) in [6.07, 6.45) is 0. The highest BCUT2D eigenvalue weighted by molar-refractivity contribution is 7.81. The van der Waals surface area contributed by atoms with Crippen LogP contribution in [0.5, 0.6) is 5.75 Å². The number of nitrogens with two attached hydrogens (primary N) is 1. The maximum Gasteiger partial charge on any atom is 0.488 e. The van der Waals surface area contributed by atoms with Crippen LogP contribution in [0.25, 0.3) is 10.8 Å². The second-order valence-electron chi connectivity index (χ2n) is 3.17. The first-order valence-corrected chi connectivity index (χ1v) is 5.69. The van der Waals surface area contributed by atoms with Crippen molar-refractivity contribution in [3.63, 3.8) is 0 Å². The van der Waals surface area contributed by atoms with Gasteiger partial charge in [0.15, 0.2) is 5.75 Å². The summed E-state index contributed by atoms with van der Waals surface area (Å²) in [6, 6.07) is 9.50. The van der Waals surface area contributed by atoms with E-state index in [1.54, 1.807) is 24.3 Å². The van der Waals surface area contributed by atoms with Crippen LogP contribution in [0.1, 0.15) is 0 Å². The van der Waals surface area contributed by atoms with Crippen LogP contribution in [0, 0.1) is 0 Å². The highest BCUT2D eigenvalue weighted by atomic mass is 32.3. The zero-order chi connectivity index (χ0) is 11.8. The van der Waals surface area contributed by atoms with Gasteiger partial charge in [-0.2, -0.15) is 8.42 Å². The molecule has 4 nitrogen and oxygen atoms in total. The van der Waals surface area contributed by atoms with E-state index in [4.69, 9.17) is 5.73 Å². The summed E-state index contributed by atoms with van der Waals surface area (Å²) in [5.74, 6) is -0.0766. The Kier molecular flexibility index (Phi) is 2.43. The summed E-state index contributed by atoms with van der Waals surface area (Å²) in [7, 11) is -5.02. The Balaban J connectivity index is 2.68. The molecule has 6 heteroatoms. The topological polar surface area (TPSA) is 69.4 Å². The van der Waals surface area contributed by atoms with Gasteiger partial charge in [0, 0.05) is 16.5 Å². The second kappa shape index (κ2) is 3.64. The minimum absolute atomic E-state index is 0.0766. The van der Waals surface area contributed by atoms with Crippen LogP contribution in [0.15, 0.2) is 36.4 Å². The van der Waals surface area contributed by atoms with Gasteiger partial charge in [-0.25, -0.2) is 0 Å². The standard InChI is InChI=1S/C10H8FNO3S/c11-16(13,14)15-10-6-5-9(12)7-3-1-2-4-8(7)10/h1-6H,12H2. The molecule has 84 valence electrons. The van der Waals surface area contributed by atoms with Gasteiger partial charge in [0.1, 0.15) is 0 Å². The Morgan fingerprint density at radius 3 is 2.31 bits per heavy atom. The quantitative estimate of drug-likeness (QED) is 0.645. The van der Waals surface area contributed by atoms with Crippen LogP contribution in [0.4, 0.5) is 9.57 Å². The summed E-state index contributed by atoms with van der Waals surface area (Å²) < 4.78 is 37.5. The van der Waals surface area contributed by atoms with E-state index >= 15 is 0 Å². The maximum atomic E-state index is 12.4. The van der Waals surface area contributed by atoms with Crippen LogP contribution >= 0.6 is 0 Å². The monoisotopic (exact) mass is 241 g/mol. The zero-order valence-electron chi connectivity index (χ0n) is 8.05. The average Bonchev–Trinajstić information content (AvgIpc) is 2.21. The van der Waals surface area contributed by atoms with Crippen LogP contribution < -0.4 is 9.92 Å². The van der Waals surface area contributed by atoms with Gasteiger partial charge >= 0.3 is 10.5 Å². The Morgan fingerprint density at radius 1 is 1.06 bits per heavy atom. The summed E-state index contributed by atoms with van der Waals surface area (Å²) in [5.41, 5.74) is 6.16. The lowest BCUT2D eigenvalue weighted by Crippen LogP contribution is -2.02. The molecule has 0 aromatic heterocycles. The maximum absolute atomic E-state index is 12.4. The highest BCUT2D eigenvalue weighted by Crippen LogP contribution is 2.30. The van der Waals surface area contributed by atoms with Gasteiger partial charge in [0.25, 0.3) is 0 Å². The third-order valence-corrected chi connectivity index (χ3v) is 2.49. The first-order chi connectivity index (χ1) is 7.47. The molecule has 0 aliphatic carbocycles. The van der Waals surface area contributed by atoms with Crippen LogP contribution in [0.2, 0.25) is 0 Å². The number of nitrogen functional groups attached to an aromatic ring is 1. The first-order valence-electron chi connectivity index (χ1n) is 4.39. The number of fused-ring (bicyclic) bond motifs is 1. The van der Waals surface area contributed by atoms with Crippen molar-refractivity contribution < 1.29 is 16.5 Å². The SMILES string of the molecule is Nc1ccc(OS(=O)(=O)F)c2ccccc12. The van der Waals surface area contributed by atoms with Crippen LogP contribution in [-0.4, -0.2) is 8.42 Å². The van der Waals surface area contributed by atoms with E-state index in [0.717, 1.165) is 0 Å². The normalized spacial score (nSPS) is 11.6. The summed E-state index contributed by atoms with van der Waals surface area (Å²) in [4.78, 5) is 0. The molecule has 0 atom stereocenters. The number of halogens is 1. The Labute approximate surface area is 91.9 Å². The van der Waals surface area contributed by atoms with Gasteiger partial charge in [-0.05, 0) is 12.1 Å². The van der Waals surface area contributed by atoms with Gasteiger partial charge in [-0.3, -0.25) is 0 Å². The van der Waals surface area contributed by atoms with Crippen molar-refractivity contribution in [3.8, 4) is 5.75 Å². The average molecular weight is 241 g/mol. The lowest BCUT2D eigenvalue weighted by atomic mass is 10.1. The van der Waals surface area contributed by atoms with Gasteiger partial charge < -0.3 is 9.92 Å². The zero-order valence-corrected chi connectivity index (χ0v) is 8.87. The Bertz CT molecular complexity index is 640. The van der Waals surface area contributed by atoms with Gasteiger partial charge in [0.05, 0.1) is 0 Å². The fourth-order valence-electron chi connectivity index (χ4n) is 1.47. The van der Waals surface area contributed by atoms with Crippen molar-refractivity contribution in [2.45, 2.75) is 0 Å². The van der Waals surface area contributed by atoms with E-state index in [1.807, 2.05) is 0 Å². The Hall–Kier alpha value is -1.82. The molecular weight excluding hydrogens is 233 g/mol. The first kappa shape index (κ1) is 10.7. The van der Waals surface area contributed by atoms with Gasteiger partial charge in [-0.1, -0.05) is 28.2 Å². The minimum atomic E-state index is -5.02. The van der Waals surface area contributed by atoms with Gasteiger partial charge in [-0.15, -0.1) is 0 Å². The van der Waals surface area contributed by atoms with E-state index in [1.165, 1.54) is 12.1 Å². The molecule has 0 saturated heterocycles. The lowest BCUT2D eigenvalue weighted by Gasteiger charge is -2.06. The minimum Gasteiger partial charge on any atom is -0.398 e. The molecule has 0 fully saturated rings. The molecule has 0 heterocycles. The number of anilines is 1. The molecular formula is C10H8FNO3S. The predicted molar refractivity (Wildman–Crippen MR) is 59.0 cm³/mol. The molecule has 0 saturated carbocycles. The second-order valence-corrected chi connectivity index (χ2v) is 4.13. The van der Waals surface area contributed by atoms with E-state index in [-0.39, 0.29) is 5.75 Å². The fraction of sp³-hybridized carbons (Fsp3) is 0. The molecule has 0 bridgehead atoms. The van der Waals surface area contributed by atoms with E-state index < -0.39 is 10.5 Å². The van der Waals surface area contributed by atoms with Crippen LogP contribution in [0.3, 0.4) is 0 Å². The molecule has 0 aliphatic heterocycles. The fourth-order valence-corrected chi connectivity index (χ4v) is 1.83. The highest BCUT2D eigenvalue weighted by Gasteiger charge is 2.13. The molecule has 2 aromatic rings. The van der Waals surface area contributed by atoms with Crippen molar-refractivity contribution in [2.24, 2.45) is 0 Å². The summed E-state index contributed by atoms with van der Waals surface area (Å²) in [6.45, 7) is 0. The van der Waals surface area contributed by atoms with Crippen molar-refractivity contribution >= 4 is 27.0 Å². The van der Waals surface area contributed by atoms with E-state index in [2.05, 4.69) is 4.18 Å². The predicted octanol–water partition coefficient (Wildman–Crippen LogP) is 2.02. The molecule has 16 heavy (non-hydrogen) atoms. The molecule has 0 radical (unpaired) electrons. The van der Waals surface area contributed by atoms with Crippen molar-refractivity contribution in [1.29, 1.82) is 0 Å². The van der Waals surface area contributed by atoms with E-state index in [0.29, 0.717) is 16.5 Å². The van der Waals surface area contributed by atoms with Crippen molar-refractivity contribution in [1.82, 2.24) is 0 Å². The molecule has 0 aliphatic rings. The molecule has 2 aromatic carbocycles. The number of rotatable bonds is 2. The van der Waals surface area contributed by atoms with E-state index in [9.17, 15) is 12.3 Å². The number of hydrogen-bond donors (Lipinski definition) is 1. The molecule has 2 rings (SSSR count). The van der Waals surface area contributed by atoms with Crippen molar-refractivity contribution in [2.75, 3.05) is 5.73 Å². The largest absolute Gasteiger partial charge is 0.488 e. The van der Waals surface area contributed by atoms with Crippen LogP contribution in [-0.2, 0) is 10.5 Å². The van der Waals surface area contributed by atoms with Crippen molar-refractivity contribution in [3.05, 3.63) is 36.4 Å². The third-order valence-electron chi connectivity index (χ3n) is 2.11. The molecule has 0 spiro atoms. The summed E-state index contributed by atoms with van der Waals surface area (Å²) >= 11 is 0. The van der Waals surface area contributed by atoms with Gasteiger partial charge in [0.2, 0.25) is 0 Å². The number of hydrogen-bond acceptors (Lipinski definition) is 4. The Morgan fingerprint density at radius 2 is 1.69 bits per heavy atom. The molecule has 0 amide bonds. The number of benzene rings is 2.